The Balaban J connectivity index is 1.14. The molecule has 5 aromatic rings. The zero-order valence-electron chi connectivity index (χ0n) is 19.3. The standard InChI is InChI=1S/C28H27FN6/c29-20-14-26(31-15-20)28-33-22-10-8-19(13-25(22)35-28)17-5-3-16(4-6-17)18-7-9-21-24(12-18)34-27(32-21)23-2-1-11-30-23/h3-10,12-13,20,23,26,30-31H,1-2,11,14-15H2,(H,32,34)(H,33,35). The molecule has 0 saturated carbocycles. The minimum absolute atomic E-state index is 0.0437. The molecular formula is C28H27FN6. The lowest BCUT2D eigenvalue weighted by Crippen LogP contribution is -2.14. The second-order valence-corrected chi connectivity index (χ2v) is 9.73. The molecule has 0 spiro atoms. The first kappa shape index (κ1) is 20.8. The molecule has 0 bridgehead atoms. The van der Waals surface area contributed by atoms with Crippen molar-refractivity contribution in [2.24, 2.45) is 0 Å². The van der Waals surface area contributed by atoms with E-state index in [4.69, 9.17) is 4.98 Å². The highest BCUT2D eigenvalue weighted by molar-refractivity contribution is 5.84. The van der Waals surface area contributed by atoms with Crippen molar-refractivity contribution < 1.29 is 4.39 Å². The summed E-state index contributed by atoms with van der Waals surface area (Å²) in [6, 6.07) is 21.6. The second kappa shape index (κ2) is 8.29. The molecule has 3 aromatic carbocycles. The van der Waals surface area contributed by atoms with Gasteiger partial charge in [-0.25, -0.2) is 14.4 Å². The summed E-state index contributed by atoms with van der Waals surface area (Å²) < 4.78 is 13.6. The number of nitrogens with one attached hydrogen (secondary N) is 4. The first-order valence-corrected chi connectivity index (χ1v) is 12.4. The Morgan fingerprint density at radius 2 is 1.26 bits per heavy atom. The van der Waals surface area contributed by atoms with Gasteiger partial charge in [0.15, 0.2) is 0 Å². The normalized spacial score (nSPS) is 22.5. The van der Waals surface area contributed by atoms with Crippen molar-refractivity contribution in [3.63, 3.8) is 0 Å². The summed E-state index contributed by atoms with van der Waals surface area (Å²) in [6.45, 7) is 1.45. The van der Waals surface area contributed by atoms with Crippen molar-refractivity contribution in [1.82, 2.24) is 30.6 Å². The summed E-state index contributed by atoms with van der Waals surface area (Å²) in [6.07, 6.45) is 2.00. The zero-order valence-corrected chi connectivity index (χ0v) is 19.3. The topological polar surface area (TPSA) is 81.4 Å². The van der Waals surface area contributed by atoms with Crippen molar-refractivity contribution >= 4 is 22.1 Å². The number of hydrogen-bond donors (Lipinski definition) is 4. The van der Waals surface area contributed by atoms with Gasteiger partial charge in [0.1, 0.15) is 17.8 Å². The number of alkyl halides is 1. The van der Waals surface area contributed by atoms with Gasteiger partial charge in [0, 0.05) is 13.0 Å². The van der Waals surface area contributed by atoms with E-state index >= 15 is 0 Å². The van der Waals surface area contributed by atoms with Gasteiger partial charge in [-0.1, -0.05) is 36.4 Å². The predicted octanol–water partition coefficient (Wildman–Crippen LogP) is 5.57. The van der Waals surface area contributed by atoms with E-state index in [-0.39, 0.29) is 6.04 Å². The van der Waals surface area contributed by atoms with E-state index in [0.717, 1.165) is 57.8 Å². The van der Waals surface area contributed by atoms with Gasteiger partial charge in [-0.2, -0.15) is 0 Å². The average molecular weight is 467 g/mol. The lowest BCUT2D eigenvalue weighted by molar-refractivity contribution is 0.355. The number of imidazole rings is 2. The van der Waals surface area contributed by atoms with Crippen LogP contribution in [0.15, 0.2) is 60.7 Å². The maximum Gasteiger partial charge on any atom is 0.124 e. The highest BCUT2D eigenvalue weighted by atomic mass is 19.1. The van der Waals surface area contributed by atoms with Gasteiger partial charge in [-0.3, -0.25) is 0 Å². The molecule has 2 aromatic heterocycles. The Hall–Kier alpha value is -3.55. The summed E-state index contributed by atoms with van der Waals surface area (Å²) >= 11 is 0. The van der Waals surface area contributed by atoms with Crippen LogP contribution >= 0.6 is 0 Å². The van der Waals surface area contributed by atoms with E-state index in [1.54, 1.807) is 0 Å². The van der Waals surface area contributed by atoms with Gasteiger partial charge in [-0.05, 0) is 65.9 Å². The van der Waals surface area contributed by atoms with Crippen LogP contribution in [0.1, 0.15) is 43.0 Å². The Morgan fingerprint density at radius 3 is 1.77 bits per heavy atom. The fraction of sp³-hybridized carbons (Fsp3) is 0.286. The molecule has 35 heavy (non-hydrogen) atoms. The maximum atomic E-state index is 13.6. The van der Waals surface area contributed by atoms with Crippen LogP contribution in [-0.4, -0.2) is 39.2 Å². The molecule has 0 aliphatic carbocycles. The zero-order chi connectivity index (χ0) is 23.4. The Morgan fingerprint density at radius 1 is 0.686 bits per heavy atom. The molecule has 0 amide bonds. The summed E-state index contributed by atoms with van der Waals surface area (Å²) in [7, 11) is 0. The summed E-state index contributed by atoms with van der Waals surface area (Å²) in [5, 5.41) is 6.71. The summed E-state index contributed by atoms with van der Waals surface area (Å²) in [5.41, 5.74) is 8.58. The Bertz CT molecular complexity index is 1510. The number of halogens is 1. The molecule has 176 valence electrons. The van der Waals surface area contributed by atoms with Gasteiger partial charge in [0.25, 0.3) is 0 Å². The van der Waals surface area contributed by atoms with E-state index in [2.05, 4.69) is 80.2 Å². The minimum atomic E-state index is -0.803. The fourth-order valence-corrected chi connectivity index (χ4v) is 5.42. The van der Waals surface area contributed by atoms with Crippen molar-refractivity contribution in [2.45, 2.75) is 37.5 Å². The van der Waals surface area contributed by atoms with Gasteiger partial charge in [0.05, 0.1) is 34.2 Å². The van der Waals surface area contributed by atoms with Crippen LogP contribution in [0, 0.1) is 0 Å². The van der Waals surface area contributed by atoms with Crippen LogP contribution in [-0.2, 0) is 0 Å². The number of H-pyrrole nitrogens is 2. The van der Waals surface area contributed by atoms with Gasteiger partial charge in [-0.15, -0.1) is 0 Å². The average Bonchev–Trinajstić information content (AvgIpc) is 3.69. The van der Waals surface area contributed by atoms with Gasteiger partial charge < -0.3 is 20.6 Å². The summed E-state index contributed by atoms with van der Waals surface area (Å²) in [4.78, 5) is 16.4. The first-order valence-electron chi connectivity index (χ1n) is 12.4. The molecule has 4 heterocycles. The lowest BCUT2D eigenvalue weighted by atomic mass is 10.00. The number of nitrogens with zero attached hydrogens (tertiary/aromatic N) is 2. The second-order valence-electron chi connectivity index (χ2n) is 9.73. The maximum absolute atomic E-state index is 13.6. The quantitative estimate of drug-likeness (QED) is 0.279. The highest BCUT2D eigenvalue weighted by Crippen LogP contribution is 2.31. The van der Waals surface area contributed by atoms with E-state index < -0.39 is 6.17 Å². The van der Waals surface area contributed by atoms with Crippen LogP contribution in [0.4, 0.5) is 4.39 Å². The van der Waals surface area contributed by atoms with E-state index in [1.165, 1.54) is 17.5 Å². The third-order valence-electron chi connectivity index (χ3n) is 7.35. The molecule has 3 atom stereocenters. The molecule has 2 aliphatic rings. The van der Waals surface area contributed by atoms with Gasteiger partial charge in [0.2, 0.25) is 0 Å². The summed E-state index contributed by atoms with van der Waals surface area (Å²) in [5.74, 6) is 1.85. The Kier molecular flexibility index (Phi) is 4.92. The molecule has 3 unspecified atom stereocenters. The van der Waals surface area contributed by atoms with E-state index in [1.807, 2.05) is 6.07 Å². The van der Waals surface area contributed by atoms with Crippen molar-refractivity contribution in [2.75, 3.05) is 13.1 Å². The van der Waals surface area contributed by atoms with Crippen LogP contribution in [0.2, 0.25) is 0 Å². The number of rotatable bonds is 4. The predicted molar refractivity (Wildman–Crippen MR) is 137 cm³/mol. The van der Waals surface area contributed by atoms with Gasteiger partial charge >= 0.3 is 0 Å². The molecular weight excluding hydrogens is 439 g/mol. The largest absolute Gasteiger partial charge is 0.341 e. The SMILES string of the molecule is FC1CNC(c2nc3ccc(-c4ccc(-c5ccc6nc(C7CCCN7)[nH]c6c5)cc4)cc3[nH]2)C1. The number of aromatic amines is 2. The molecule has 2 aliphatic heterocycles. The fourth-order valence-electron chi connectivity index (χ4n) is 5.42. The highest BCUT2D eigenvalue weighted by Gasteiger charge is 2.27. The first-order chi connectivity index (χ1) is 17.2. The number of hydrogen-bond acceptors (Lipinski definition) is 4. The Labute approximate surface area is 202 Å². The molecule has 0 radical (unpaired) electrons. The number of benzene rings is 3. The number of fused-ring (bicyclic) bond motifs is 2. The lowest BCUT2D eigenvalue weighted by Gasteiger charge is -2.06. The molecule has 7 heteroatoms. The molecule has 7 rings (SSSR count). The number of aromatic nitrogens is 4. The third kappa shape index (κ3) is 3.81. The smallest absolute Gasteiger partial charge is 0.124 e. The van der Waals surface area contributed by atoms with Crippen LogP contribution in [0.25, 0.3) is 44.3 Å². The minimum Gasteiger partial charge on any atom is -0.341 e. The van der Waals surface area contributed by atoms with Crippen molar-refractivity contribution in [3.8, 4) is 22.3 Å². The van der Waals surface area contributed by atoms with Crippen LogP contribution < -0.4 is 10.6 Å². The molecule has 2 fully saturated rings. The molecule has 4 N–H and O–H groups in total. The van der Waals surface area contributed by atoms with E-state index in [9.17, 15) is 4.39 Å². The van der Waals surface area contributed by atoms with Crippen LogP contribution in [0.3, 0.4) is 0 Å². The monoisotopic (exact) mass is 466 g/mol. The van der Waals surface area contributed by atoms with Crippen molar-refractivity contribution in [3.05, 3.63) is 72.3 Å². The molecule has 6 nitrogen and oxygen atoms in total. The van der Waals surface area contributed by atoms with E-state index in [0.29, 0.717) is 19.0 Å². The van der Waals surface area contributed by atoms with Crippen molar-refractivity contribution in [1.29, 1.82) is 0 Å². The molecule has 2 saturated heterocycles. The third-order valence-corrected chi connectivity index (χ3v) is 7.35. The van der Waals surface area contributed by atoms with Crippen LogP contribution in [0.5, 0.6) is 0 Å².